The number of fused-ring (bicyclic) bond motifs is 1. The van der Waals surface area contributed by atoms with Crippen LogP contribution in [0.5, 0.6) is 0 Å². The highest BCUT2D eigenvalue weighted by Crippen LogP contribution is 2.27. The topological polar surface area (TPSA) is 41.6 Å². The Kier molecular flexibility index (Phi) is 2.40. The molecule has 0 unspecified atom stereocenters. The number of aromatic nitrogens is 3. The first-order valence-electron chi connectivity index (χ1n) is 5.00. The molecule has 3 rings (SSSR count). The molecule has 1 N–H and O–H groups in total. The molecule has 3 aromatic rings. The first kappa shape index (κ1) is 10.4. The largest absolute Gasteiger partial charge is 0.337 e. The van der Waals surface area contributed by atoms with E-state index < -0.39 is 0 Å². The van der Waals surface area contributed by atoms with Crippen LogP contribution in [0.15, 0.2) is 41.0 Å². The van der Waals surface area contributed by atoms with Crippen molar-refractivity contribution < 1.29 is 4.39 Å². The molecule has 5 heteroatoms. The number of rotatable bonds is 1. The Bertz CT molecular complexity index is 660. The van der Waals surface area contributed by atoms with E-state index in [2.05, 4.69) is 30.9 Å². The Morgan fingerprint density at radius 3 is 2.88 bits per heavy atom. The van der Waals surface area contributed by atoms with Crippen LogP contribution in [0.25, 0.3) is 22.6 Å². The molecule has 0 aliphatic carbocycles. The van der Waals surface area contributed by atoms with Gasteiger partial charge in [-0.3, -0.25) is 0 Å². The van der Waals surface area contributed by atoms with Gasteiger partial charge in [0.05, 0.1) is 5.52 Å². The minimum atomic E-state index is -0.283. The molecule has 0 spiro atoms. The number of benzene rings is 1. The van der Waals surface area contributed by atoms with Crippen molar-refractivity contribution in [2.24, 2.45) is 0 Å². The summed E-state index contributed by atoms with van der Waals surface area (Å²) in [5.41, 5.74) is 2.32. The highest BCUT2D eigenvalue weighted by Gasteiger charge is 2.09. The third-order valence-electron chi connectivity index (χ3n) is 2.44. The van der Waals surface area contributed by atoms with Crippen molar-refractivity contribution in [1.82, 2.24) is 15.0 Å². The van der Waals surface area contributed by atoms with Crippen LogP contribution in [0.1, 0.15) is 0 Å². The predicted octanol–water partition coefficient (Wildman–Crippen LogP) is 3.53. The van der Waals surface area contributed by atoms with Gasteiger partial charge in [0.25, 0.3) is 0 Å². The van der Waals surface area contributed by atoms with Crippen molar-refractivity contribution >= 4 is 27.1 Å². The molecule has 0 radical (unpaired) electrons. The van der Waals surface area contributed by atoms with E-state index in [0.29, 0.717) is 15.9 Å². The molecular weight excluding hydrogens is 285 g/mol. The van der Waals surface area contributed by atoms with Crippen LogP contribution in [0, 0.1) is 5.82 Å². The Labute approximate surface area is 105 Å². The SMILES string of the molecule is Fc1ccc(-c2nc3ncccc3[nH]2)c(Br)c1. The lowest BCUT2D eigenvalue weighted by atomic mass is 10.2. The van der Waals surface area contributed by atoms with Gasteiger partial charge in [-0.1, -0.05) is 0 Å². The molecule has 3 nitrogen and oxygen atoms in total. The first-order chi connectivity index (χ1) is 8.24. The zero-order chi connectivity index (χ0) is 11.8. The van der Waals surface area contributed by atoms with E-state index in [4.69, 9.17) is 0 Å². The van der Waals surface area contributed by atoms with E-state index in [1.165, 1.54) is 12.1 Å². The number of pyridine rings is 1. The van der Waals surface area contributed by atoms with E-state index in [1.807, 2.05) is 12.1 Å². The molecule has 0 saturated carbocycles. The Morgan fingerprint density at radius 1 is 1.24 bits per heavy atom. The second kappa shape index (κ2) is 3.92. The molecule has 0 fully saturated rings. The molecule has 0 amide bonds. The average Bonchev–Trinajstić information content (AvgIpc) is 2.72. The van der Waals surface area contributed by atoms with Crippen LogP contribution in [0.3, 0.4) is 0 Å². The summed E-state index contributed by atoms with van der Waals surface area (Å²) in [5, 5.41) is 0. The third kappa shape index (κ3) is 1.82. The van der Waals surface area contributed by atoms with Crippen molar-refractivity contribution in [2.75, 3.05) is 0 Å². The quantitative estimate of drug-likeness (QED) is 0.745. The van der Waals surface area contributed by atoms with Crippen molar-refractivity contribution in [1.29, 1.82) is 0 Å². The highest BCUT2D eigenvalue weighted by atomic mass is 79.9. The fourth-order valence-corrected chi connectivity index (χ4v) is 2.19. The smallest absolute Gasteiger partial charge is 0.178 e. The van der Waals surface area contributed by atoms with Crippen LogP contribution in [0.2, 0.25) is 0 Å². The van der Waals surface area contributed by atoms with Crippen molar-refractivity contribution in [2.45, 2.75) is 0 Å². The maximum Gasteiger partial charge on any atom is 0.178 e. The molecule has 17 heavy (non-hydrogen) atoms. The number of nitrogens with one attached hydrogen (secondary N) is 1. The molecule has 0 bridgehead atoms. The van der Waals surface area contributed by atoms with Gasteiger partial charge in [0, 0.05) is 16.2 Å². The van der Waals surface area contributed by atoms with Crippen LogP contribution in [-0.4, -0.2) is 15.0 Å². The Morgan fingerprint density at radius 2 is 2.12 bits per heavy atom. The molecular formula is C12H7BrFN3. The molecule has 0 aliphatic heterocycles. The Hall–Kier alpha value is -1.75. The van der Waals surface area contributed by atoms with Gasteiger partial charge in [-0.25, -0.2) is 14.4 Å². The second-order valence-corrected chi connectivity index (χ2v) is 4.44. The third-order valence-corrected chi connectivity index (χ3v) is 3.10. The van der Waals surface area contributed by atoms with Gasteiger partial charge in [-0.15, -0.1) is 0 Å². The summed E-state index contributed by atoms with van der Waals surface area (Å²) in [6.45, 7) is 0. The fourth-order valence-electron chi connectivity index (χ4n) is 1.65. The number of H-pyrrole nitrogens is 1. The summed E-state index contributed by atoms with van der Waals surface area (Å²) in [7, 11) is 0. The zero-order valence-corrected chi connectivity index (χ0v) is 10.2. The van der Waals surface area contributed by atoms with Gasteiger partial charge >= 0.3 is 0 Å². The van der Waals surface area contributed by atoms with Gasteiger partial charge in [0.15, 0.2) is 5.65 Å². The molecule has 2 aromatic heterocycles. The maximum atomic E-state index is 13.0. The molecule has 0 saturated heterocycles. The normalized spacial score (nSPS) is 10.9. The van der Waals surface area contributed by atoms with Crippen LogP contribution < -0.4 is 0 Å². The molecule has 84 valence electrons. The van der Waals surface area contributed by atoms with Crippen molar-refractivity contribution in [3.05, 3.63) is 46.8 Å². The van der Waals surface area contributed by atoms with Gasteiger partial charge < -0.3 is 4.98 Å². The van der Waals surface area contributed by atoms with E-state index in [1.54, 1.807) is 12.3 Å². The second-order valence-electron chi connectivity index (χ2n) is 3.58. The number of hydrogen-bond donors (Lipinski definition) is 1. The number of nitrogens with zero attached hydrogens (tertiary/aromatic N) is 2. The lowest BCUT2D eigenvalue weighted by Gasteiger charge is -1.99. The average molecular weight is 292 g/mol. The summed E-state index contributed by atoms with van der Waals surface area (Å²) in [6.07, 6.45) is 1.69. The zero-order valence-electron chi connectivity index (χ0n) is 8.61. The van der Waals surface area contributed by atoms with Gasteiger partial charge in [-0.2, -0.15) is 0 Å². The minimum Gasteiger partial charge on any atom is -0.337 e. The Balaban J connectivity index is 2.20. The minimum absolute atomic E-state index is 0.283. The fraction of sp³-hybridized carbons (Fsp3) is 0. The number of imidazole rings is 1. The summed E-state index contributed by atoms with van der Waals surface area (Å²) < 4.78 is 13.7. The van der Waals surface area contributed by atoms with E-state index in [-0.39, 0.29) is 5.82 Å². The van der Waals surface area contributed by atoms with Gasteiger partial charge in [0.2, 0.25) is 0 Å². The molecule has 2 heterocycles. The highest BCUT2D eigenvalue weighted by molar-refractivity contribution is 9.10. The molecule has 0 atom stereocenters. The lowest BCUT2D eigenvalue weighted by Crippen LogP contribution is -1.84. The predicted molar refractivity (Wildman–Crippen MR) is 67.0 cm³/mol. The number of aromatic amines is 1. The van der Waals surface area contributed by atoms with E-state index in [0.717, 1.165) is 11.1 Å². The van der Waals surface area contributed by atoms with Crippen molar-refractivity contribution in [3.63, 3.8) is 0 Å². The van der Waals surface area contributed by atoms with E-state index >= 15 is 0 Å². The van der Waals surface area contributed by atoms with Gasteiger partial charge in [0.1, 0.15) is 11.6 Å². The number of hydrogen-bond acceptors (Lipinski definition) is 2. The standard InChI is InChI=1S/C12H7BrFN3/c13-9-6-7(14)3-4-8(9)11-16-10-2-1-5-15-12(10)17-11/h1-6H,(H,15,16,17). The van der Waals surface area contributed by atoms with Crippen LogP contribution in [0.4, 0.5) is 4.39 Å². The summed E-state index contributed by atoms with van der Waals surface area (Å²) >= 11 is 3.32. The molecule has 0 aliphatic rings. The number of halogens is 2. The van der Waals surface area contributed by atoms with Crippen LogP contribution in [-0.2, 0) is 0 Å². The summed E-state index contributed by atoms with van der Waals surface area (Å²) in [6, 6.07) is 8.23. The molecule has 1 aromatic carbocycles. The van der Waals surface area contributed by atoms with Crippen LogP contribution >= 0.6 is 15.9 Å². The summed E-state index contributed by atoms with van der Waals surface area (Å²) in [5.74, 6) is 0.389. The first-order valence-corrected chi connectivity index (χ1v) is 5.79. The van der Waals surface area contributed by atoms with Gasteiger partial charge in [-0.05, 0) is 46.3 Å². The summed E-state index contributed by atoms with van der Waals surface area (Å²) in [4.78, 5) is 11.6. The lowest BCUT2D eigenvalue weighted by molar-refractivity contribution is 0.627. The maximum absolute atomic E-state index is 13.0. The monoisotopic (exact) mass is 291 g/mol. The van der Waals surface area contributed by atoms with Crippen molar-refractivity contribution in [3.8, 4) is 11.4 Å². The van der Waals surface area contributed by atoms with E-state index in [9.17, 15) is 4.39 Å².